The molecule has 0 aliphatic carbocycles. The number of carboxylic acid groups (broad SMARTS) is 1. The standard InChI is InChI=1S/C16H21FN2O4S/c1-9(16(22)23)10(2)18-15(21)11(3)24-8-14(20)19-13-6-4-12(17)5-7-13/h4-7,9-11H,8H2,1-3H3,(H,18,21)(H,19,20)(H,22,23). The molecule has 0 bridgehead atoms. The molecule has 2 amide bonds. The number of carbonyl (C=O) groups is 3. The van der Waals surface area contributed by atoms with Crippen molar-refractivity contribution in [2.45, 2.75) is 32.1 Å². The predicted molar refractivity (Wildman–Crippen MR) is 91.4 cm³/mol. The van der Waals surface area contributed by atoms with Crippen LogP contribution in [0.1, 0.15) is 20.8 Å². The van der Waals surface area contributed by atoms with Crippen LogP contribution in [0.3, 0.4) is 0 Å². The van der Waals surface area contributed by atoms with Gasteiger partial charge >= 0.3 is 5.97 Å². The maximum Gasteiger partial charge on any atom is 0.308 e. The number of halogens is 1. The molecule has 3 atom stereocenters. The molecule has 1 aromatic rings. The average Bonchev–Trinajstić information content (AvgIpc) is 2.53. The second-order valence-electron chi connectivity index (χ2n) is 5.43. The summed E-state index contributed by atoms with van der Waals surface area (Å²) in [6, 6.07) is 4.87. The minimum Gasteiger partial charge on any atom is -0.481 e. The highest BCUT2D eigenvalue weighted by molar-refractivity contribution is 8.01. The molecule has 0 fully saturated rings. The molecule has 3 N–H and O–H groups in total. The van der Waals surface area contributed by atoms with Crippen molar-refractivity contribution >= 4 is 35.2 Å². The summed E-state index contributed by atoms with van der Waals surface area (Å²) in [5.74, 6) is -2.66. The molecule has 132 valence electrons. The van der Waals surface area contributed by atoms with Crippen molar-refractivity contribution in [3.8, 4) is 0 Å². The molecule has 0 radical (unpaired) electrons. The number of carboxylic acids is 1. The fraction of sp³-hybridized carbons (Fsp3) is 0.438. The Morgan fingerprint density at radius 2 is 1.75 bits per heavy atom. The van der Waals surface area contributed by atoms with Crippen LogP contribution < -0.4 is 10.6 Å². The molecule has 0 aliphatic rings. The third-order valence-corrected chi connectivity index (χ3v) is 4.61. The van der Waals surface area contributed by atoms with Crippen molar-refractivity contribution in [2.75, 3.05) is 11.1 Å². The first-order valence-corrected chi connectivity index (χ1v) is 8.45. The van der Waals surface area contributed by atoms with E-state index >= 15 is 0 Å². The number of anilines is 1. The van der Waals surface area contributed by atoms with Gasteiger partial charge in [0.2, 0.25) is 11.8 Å². The lowest BCUT2D eigenvalue weighted by Crippen LogP contribution is -2.43. The second-order valence-corrected chi connectivity index (χ2v) is 6.76. The van der Waals surface area contributed by atoms with Gasteiger partial charge in [-0.25, -0.2) is 4.39 Å². The third kappa shape index (κ3) is 6.57. The molecule has 24 heavy (non-hydrogen) atoms. The Morgan fingerprint density at radius 3 is 2.29 bits per heavy atom. The molecular formula is C16H21FN2O4S. The lowest BCUT2D eigenvalue weighted by molar-refractivity contribution is -0.142. The minimum atomic E-state index is -0.984. The number of carbonyl (C=O) groups excluding carboxylic acids is 2. The van der Waals surface area contributed by atoms with Crippen LogP contribution in [0.2, 0.25) is 0 Å². The van der Waals surface area contributed by atoms with E-state index in [1.54, 1.807) is 13.8 Å². The van der Waals surface area contributed by atoms with Gasteiger partial charge in [-0.3, -0.25) is 14.4 Å². The summed E-state index contributed by atoms with van der Waals surface area (Å²) in [6.07, 6.45) is 0. The number of amides is 2. The molecule has 1 rings (SSSR count). The van der Waals surface area contributed by atoms with E-state index in [4.69, 9.17) is 5.11 Å². The van der Waals surface area contributed by atoms with E-state index < -0.39 is 29.0 Å². The summed E-state index contributed by atoms with van der Waals surface area (Å²) in [5.41, 5.74) is 0.475. The summed E-state index contributed by atoms with van der Waals surface area (Å²) >= 11 is 1.13. The molecule has 8 heteroatoms. The topological polar surface area (TPSA) is 95.5 Å². The molecule has 1 aromatic carbocycles. The molecule has 6 nitrogen and oxygen atoms in total. The molecule has 0 heterocycles. The van der Waals surface area contributed by atoms with Crippen molar-refractivity contribution in [3.05, 3.63) is 30.1 Å². The fourth-order valence-electron chi connectivity index (χ4n) is 1.69. The molecule has 0 aliphatic heterocycles. The van der Waals surface area contributed by atoms with E-state index in [2.05, 4.69) is 10.6 Å². The highest BCUT2D eigenvalue weighted by Crippen LogP contribution is 2.14. The number of aliphatic carboxylic acids is 1. The zero-order valence-corrected chi connectivity index (χ0v) is 14.5. The lowest BCUT2D eigenvalue weighted by atomic mass is 10.0. The van der Waals surface area contributed by atoms with Crippen molar-refractivity contribution in [2.24, 2.45) is 5.92 Å². The van der Waals surface area contributed by atoms with Gasteiger partial charge in [-0.2, -0.15) is 0 Å². The van der Waals surface area contributed by atoms with E-state index in [-0.39, 0.29) is 17.6 Å². The molecule has 0 saturated heterocycles. The van der Waals surface area contributed by atoms with Crippen LogP contribution in [-0.2, 0) is 14.4 Å². The van der Waals surface area contributed by atoms with Gasteiger partial charge in [0, 0.05) is 11.7 Å². The van der Waals surface area contributed by atoms with Gasteiger partial charge in [0.25, 0.3) is 0 Å². The summed E-state index contributed by atoms with van der Waals surface area (Å²) in [6.45, 7) is 4.78. The fourth-order valence-corrected chi connectivity index (χ4v) is 2.38. The minimum absolute atomic E-state index is 0.0504. The highest BCUT2D eigenvalue weighted by Gasteiger charge is 2.23. The zero-order chi connectivity index (χ0) is 18.3. The lowest BCUT2D eigenvalue weighted by Gasteiger charge is -2.20. The maximum absolute atomic E-state index is 12.8. The number of thioether (sulfide) groups is 1. The van der Waals surface area contributed by atoms with Crippen LogP contribution in [0.4, 0.5) is 10.1 Å². The van der Waals surface area contributed by atoms with Gasteiger partial charge < -0.3 is 15.7 Å². The number of rotatable bonds is 8. The number of hydrogen-bond acceptors (Lipinski definition) is 4. The number of hydrogen-bond donors (Lipinski definition) is 3. The molecule has 0 saturated carbocycles. The smallest absolute Gasteiger partial charge is 0.308 e. The van der Waals surface area contributed by atoms with E-state index in [1.165, 1.54) is 31.2 Å². The van der Waals surface area contributed by atoms with Crippen LogP contribution in [0.5, 0.6) is 0 Å². The Labute approximate surface area is 144 Å². The van der Waals surface area contributed by atoms with Gasteiger partial charge in [-0.05, 0) is 45.0 Å². The summed E-state index contributed by atoms with van der Waals surface area (Å²) < 4.78 is 12.8. The van der Waals surface area contributed by atoms with Crippen molar-refractivity contribution in [1.29, 1.82) is 0 Å². The van der Waals surface area contributed by atoms with Crippen molar-refractivity contribution in [1.82, 2.24) is 5.32 Å². The first-order chi connectivity index (χ1) is 11.2. The molecular weight excluding hydrogens is 335 g/mol. The second kappa shape index (κ2) is 9.27. The van der Waals surface area contributed by atoms with E-state index in [9.17, 15) is 18.8 Å². The normalized spacial score (nSPS) is 14.3. The zero-order valence-electron chi connectivity index (χ0n) is 13.7. The number of benzene rings is 1. The summed E-state index contributed by atoms with van der Waals surface area (Å²) in [7, 11) is 0. The monoisotopic (exact) mass is 356 g/mol. The van der Waals surface area contributed by atoms with Gasteiger partial charge in [0.1, 0.15) is 5.82 Å². The van der Waals surface area contributed by atoms with E-state index in [1.807, 2.05) is 0 Å². The summed E-state index contributed by atoms with van der Waals surface area (Å²) in [5, 5.41) is 13.6. The van der Waals surface area contributed by atoms with Crippen LogP contribution in [0.15, 0.2) is 24.3 Å². The Balaban J connectivity index is 2.40. The molecule has 0 aromatic heterocycles. The van der Waals surface area contributed by atoms with Crippen molar-refractivity contribution < 1.29 is 23.9 Å². The highest BCUT2D eigenvalue weighted by atomic mass is 32.2. The summed E-state index contributed by atoms with van der Waals surface area (Å²) in [4.78, 5) is 34.7. The quantitative estimate of drug-likeness (QED) is 0.663. The SMILES string of the molecule is CC(SCC(=O)Nc1ccc(F)cc1)C(=O)NC(C)C(C)C(=O)O. The van der Waals surface area contributed by atoms with Gasteiger partial charge in [-0.1, -0.05) is 0 Å². The Bertz CT molecular complexity index is 594. The Kier molecular flexibility index (Phi) is 7.70. The van der Waals surface area contributed by atoms with Crippen LogP contribution >= 0.6 is 11.8 Å². The maximum atomic E-state index is 12.8. The van der Waals surface area contributed by atoms with Gasteiger partial charge in [0.05, 0.1) is 16.9 Å². The predicted octanol–water partition coefficient (Wildman–Crippen LogP) is 2.11. The Morgan fingerprint density at radius 1 is 1.17 bits per heavy atom. The van der Waals surface area contributed by atoms with E-state index in [0.29, 0.717) is 5.69 Å². The van der Waals surface area contributed by atoms with Gasteiger partial charge in [0.15, 0.2) is 0 Å². The molecule has 3 unspecified atom stereocenters. The van der Waals surface area contributed by atoms with Crippen LogP contribution in [0, 0.1) is 11.7 Å². The average molecular weight is 356 g/mol. The first-order valence-electron chi connectivity index (χ1n) is 7.41. The Hall–Kier alpha value is -2.09. The number of nitrogens with one attached hydrogen (secondary N) is 2. The van der Waals surface area contributed by atoms with E-state index in [0.717, 1.165) is 11.8 Å². The third-order valence-electron chi connectivity index (χ3n) is 3.47. The van der Waals surface area contributed by atoms with Crippen molar-refractivity contribution in [3.63, 3.8) is 0 Å². The molecule has 0 spiro atoms. The van der Waals surface area contributed by atoms with Crippen LogP contribution in [0.25, 0.3) is 0 Å². The van der Waals surface area contributed by atoms with Crippen LogP contribution in [-0.4, -0.2) is 39.9 Å². The van der Waals surface area contributed by atoms with Gasteiger partial charge in [-0.15, -0.1) is 11.8 Å². The first kappa shape index (κ1) is 20.0. The largest absolute Gasteiger partial charge is 0.481 e.